The van der Waals surface area contributed by atoms with Gasteiger partial charge < -0.3 is 16.0 Å². The summed E-state index contributed by atoms with van der Waals surface area (Å²) in [7, 11) is 0. The summed E-state index contributed by atoms with van der Waals surface area (Å²) in [6.07, 6.45) is 2.35. The molecular formula is C17H20N3O2S+. The molecule has 1 saturated heterocycles. The van der Waals surface area contributed by atoms with E-state index in [0.29, 0.717) is 17.1 Å². The van der Waals surface area contributed by atoms with Crippen LogP contribution < -0.4 is 16.0 Å². The van der Waals surface area contributed by atoms with Crippen LogP contribution in [0.2, 0.25) is 0 Å². The van der Waals surface area contributed by atoms with Crippen molar-refractivity contribution >= 4 is 28.2 Å². The van der Waals surface area contributed by atoms with E-state index in [1.807, 2.05) is 30.3 Å². The molecule has 5 nitrogen and oxygen atoms in total. The number of nitrogens with two attached hydrogens (primary N) is 1. The minimum absolute atomic E-state index is 0.0640. The van der Waals surface area contributed by atoms with Gasteiger partial charge in [0.25, 0.3) is 11.8 Å². The van der Waals surface area contributed by atoms with Gasteiger partial charge in [0.1, 0.15) is 5.00 Å². The SMILES string of the molecule is NC(=O)c1cc(-c2ccccc2)sc1NC(=O)C[NH+]1CCCC1. The van der Waals surface area contributed by atoms with Crippen molar-refractivity contribution in [2.24, 2.45) is 5.73 Å². The first-order chi connectivity index (χ1) is 11.1. The molecular weight excluding hydrogens is 310 g/mol. The number of carbonyl (C=O) groups is 2. The predicted molar refractivity (Wildman–Crippen MR) is 91.7 cm³/mol. The Morgan fingerprint density at radius 2 is 1.87 bits per heavy atom. The Labute approximate surface area is 139 Å². The van der Waals surface area contributed by atoms with Crippen molar-refractivity contribution in [2.45, 2.75) is 12.8 Å². The van der Waals surface area contributed by atoms with Crippen molar-refractivity contribution in [3.63, 3.8) is 0 Å². The number of hydrogen-bond acceptors (Lipinski definition) is 3. The molecule has 0 atom stereocenters. The van der Waals surface area contributed by atoms with Crippen LogP contribution in [-0.2, 0) is 4.79 Å². The fraction of sp³-hybridized carbons (Fsp3) is 0.294. The summed E-state index contributed by atoms with van der Waals surface area (Å²) in [5, 5.41) is 3.41. The van der Waals surface area contributed by atoms with Gasteiger partial charge in [-0.1, -0.05) is 30.3 Å². The summed E-state index contributed by atoms with van der Waals surface area (Å²) >= 11 is 1.39. The third-order valence-corrected chi connectivity index (χ3v) is 5.13. The van der Waals surface area contributed by atoms with Crippen molar-refractivity contribution in [2.75, 3.05) is 25.0 Å². The highest BCUT2D eigenvalue weighted by molar-refractivity contribution is 7.20. The van der Waals surface area contributed by atoms with Gasteiger partial charge in [-0.05, 0) is 11.6 Å². The summed E-state index contributed by atoms with van der Waals surface area (Å²) in [6.45, 7) is 2.52. The predicted octanol–water partition coefficient (Wildman–Crippen LogP) is 1.13. The number of thiophene rings is 1. The number of quaternary nitrogens is 1. The molecule has 0 spiro atoms. The Morgan fingerprint density at radius 3 is 2.52 bits per heavy atom. The first-order valence-electron chi connectivity index (χ1n) is 7.76. The number of anilines is 1. The van der Waals surface area contributed by atoms with Gasteiger partial charge in [0.2, 0.25) is 0 Å². The van der Waals surface area contributed by atoms with Gasteiger partial charge in [0, 0.05) is 17.7 Å². The van der Waals surface area contributed by atoms with Crippen LogP contribution >= 0.6 is 11.3 Å². The molecule has 1 aromatic carbocycles. The highest BCUT2D eigenvalue weighted by atomic mass is 32.1. The van der Waals surface area contributed by atoms with Gasteiger partial charge in [-0.3, -0.25) is 9.59 Å². The minimum atomic E-state index is -0.521. The zero-order valence-electron chi connectivity index (χ0n) is 12.8. The summed E-state index contributed by atoms with van der Waals surface area (Å²) in [5.41, 5.74) is 6.84. The summed E-state index contributed by atoms with van der Waals surface area (Å²) < 4.78 is 0. The normalized spacial score (nSPS) is 14.8. The molecule has 1 aromatic heterocycles. The molecule has 0 unspecified atom stereocenters. The molecule has 0 bridgehead atoms. The zero-order valence-corrected chi connectivity index (χ0v) is 13.6. The van der Waals surface area contributed by atoms with E-state index in [1.54, 1.807) is 6.07 Å². The Hall–Kier alpha value is -2.18. The number of likely N-dealkylation sites (tertiary alicyclic amines) is 1. The number of carbonyl (C=O) groups excluding carboxylic acids is 2. The Kier molecular flexibility index (Phi) is 4.73. The number of primary amides is 1. The molecule has 0 aliphatic carbocycles. The molecule has 6 heteroatoms. The lowest BCUT2D eigenvalue weighted by atomic mass is 10.1. The largest absolute Gasteiger partial charge is 0.366 e. The third kappa shape index (κ3) is 3.78. The quantitative estimate of drug-likeness (QED) is 0.769. The average molecular weight is 330 g/mol. The highest BCUT2D eigenvalue weighted by Gasteiger charge is 2.21. The first-order valence-corrected chi connectivity index (χ1v) is 8.57. The maximum atomic E-state index is 12.2. The van der Waals surface area contributed by atoms with Gasteiger partial charge in [-0.2, -0.15) is 0 Å². The molecule has 1 fully saturated rings. The van der Waals surface area contributed by atoms with Crippen molar-refractivity contribution in [3.05, 3.63) is 42.0 Å². The lowest BCUT2D eigenvalue weighted by Gasteiger charge is -2.11. The smallest absolute Gasteiger partial charge is 0.280 e. The van der Waals surface area contributed by atoms with Gasteiger partial charge in [-0.15, -0.1) is 11.3 Å². The number of amides is 2. The minimum Gasteiger partial charge on any atom is -0.366 e. The van der Waals surface area contributed by atoms with Crippen molar-refractivity contribution in [3.8, 4) is 10.4 Å². The van der Waals surface area contributed by atoms with E-state index in [9.17, 15) is 9.59 Å². The molecule has 0 saturated carbocycles. The zero-order chi connectivity index (χ0) is 16.2. The first kappa shape index (κ1) is 15.7. The number of nitrogens with one attached hydrogen (secondary N) is 2. The molecule has 120 valence electrons. The molecule has 2 aromatic rings. The van der Waals surface area contributed by atoms with Crippen molar-refractivity contribution in [1.82, 2.24) is 0 Å². The highest BCUT2D eigenvalue weighted by Crippen LogP contribution is 2.35. The molecule has 1 aliphatic heterocycles. The van der Waals surface area contributed by atoms with E-state index in [-0.39, 0.29) is 5.91 Å². The van der Waals surface area contributed by atoms with E-state index in [1.165, 1.54) is 29.1 Å². The van der Waals surface area contributed by atoms with Gasteiger partial charge in [-0.25, -0.2) is 0 Å². The average Bonchev–Trinajstić information content (AvgIpc) is 3.18. The van der Waals surface area contributed by atoms with E-state index < -0.39 is 5.91 Å². The second-order valence-corrected chi connectivity index (χ2v) is 6.82. The molecule has 1 aliphatic rings. The van der Waals surface area contributed by atoms with Crippen LogP contribution in [0, 0.1) is 0 Å². The summed E-state index contributed by atoms with van der Waals surface area (Å²) in [6, 6.07) is 11.5. The standard InChI is InChI=1S/C17H19N3O2S/c18-16(22)13-10-14(12-6-2-1-3-7-12)23-17(13)19-15(21)11-20-8-4-5-9-20/h1-3,6-7,10H,4-5,8-9,11H2,(H2,18,22)(H,19,21)/p+1. The fourth-order valence-electron chi connectivity index (χ4n) is 2.86. The van der Waals surface area contributed by atoms with Crippen molar-refractivity contribution in [1.29, 1.82) is 0 Å². The lowest BCUT2D eigenvalue weighted by molar-refractivity contribution is -0.878. The Morgan fingerprint density at radius 1 is 1.17 bits per heavy atom. The number of hydrogen-bond donors (Lipinski definition) is 3. The maximum absolute atomic E-state index is 12.2. The molecule has 0 radical (unpaired) electrons. The molecule has 3 rings (SSSR count). The third-order valence-electron chi connectivity index (χ3n) is 4.03. The molecule has 23 heavy (non-hydrogen) atoms. The van der Waals surface area contributed by atoms with Gasteiger partial charge >= 0.3 is 0 Å². The van der Waals surface area contributed by atoms with Crippen LogP contribution in [0.5, 0.6) is 0 Å². The van der Waals surface area contributed by atoms with E-state index in [4.69, 9.17) is 5.73 Å². The lowest BCUT2D eigenvalue weighted by Crippen LogP contribution is -3.11. The number of benzene rings is 1. The fourth-order valence-corrected chi connectivity index (χ4v) is 3.95. The van der Waals surface area contributed by atoms with E-state index in [2.05, 4.69) is 5.32 Å². The van der Waals surface area contributed by atoms with Gasteiger partial charge in [0.15, 0.2) is 6.54 Å². The van der Waals surface area contributed by atoms with Crippen LogP contribution in [0.25, 0.3) is 10.4 Å². The maximum Gasteiger partial charge on any atom is 0.280 e. The molecule has 2 heterocycles. The summed E-state index contributed by atoms with van der Waals surface area (Å²) in [5.74, 6) is -0.585. The van der Waals surface area contributed by atoms with Crippen LogP contribution in [0.1, 0.15) is 23.2 Å². The molecule has 4 N–H and O–H groups in total. The topological polar surface area (TPSA) is 76.6 Å². The van der Waals surface area contributed by atoms with E-state index >= 15 is 0 Å². The Bertz CT molecular complexity index is 706. The monoisotopic (exact) mass is 330 g/mol. The summed E-state index contributed by atoms with van der Waals surface area (Å²) in [4.78, 5) is 26.1. The molecule has 2 amide bonds. The van der Waals surface area contributed by atoms with Crippen molar-refractivity contribution < 1.29 is 14.5 Å². The second-order valence-electron chi connectivity index (χ2n) is 5.77. The van der Waals surface area contributed by atoms with Crippen LogP contribution in [0.15, 0.2) is 36.4 Å². The van der Waals surface area contributed by atoms with Gasteiger partial charge in [0.05, 0.1) is 18.7 Å². The number of rotatable bonds is 5. The second kappa shape index (κ2) is 6.93. The van der Waals surface area contributed by atoms with Crippen LogP contribution in [0.3, 0.4) is 0 Å². The Balaban J connectivity index is 1.78. The van der Waals surface area contributed by atoms with Crippen LogP contribution in [-0.4, -0.2) is 31.4 Å². The van der Waals surface area contributed by atoms with Crippen LogP contribution in [0.4, 0.5) is 5.00 Å². The van der Waals surface area contributed by atoms with E-state index in [0.717, 1.165) is 23.5 Å².